The minimum atomic E-state index is -0.745. The van der Waals surface area contributed by atoms with Crippen molar-refractivity contribution in [3.05, 3.63) is 12.7 Å². The van der Waals surface area contributed by atoms with E-state index in [4.69, 9.17) is 5.11 Å². The maximum atomic E-state index is 11.8. The van der Waals surface area contributed by atoms with Crippen LogP contribution in [0.5, 0.6) is 0 Å². The van der Waals surface area contributed by atoms with Crippen molar-refractivity contribution in [1.82, 2.24) is 10.2 Å². The number of carbonyl (C=O) groups is 2. The summed E-state index contributed by atoms with van der Waals surface area (Å²) in [5, 5.41) is 11.9. The van der Waals surface area contributed by atoms with Crippen molar-refractivity contribution in [3.8, 4) is 0 Å². The summed E-state index contributed by atoms with van der Waals surface area (Å²) in [4.78, 5) is 24.5. The van der Waals surface area contributed by atoms with E-state index in [0.717, 1.165) is 19.3 Å². The summed E-state index contributed by atoms with van der Waals surface area (Å²) in [6.07, 6.45) is 4.21. The molecule has 1 fully saturated rings. The number of rotatable bonds is 6. The number of aliphatic carboxylic acids is 1. The van der Waals surface area contributed by atoms with Crippen LogP contribution in [0.15, 0.2) is 12.7 Å². The van der Waals surface area contributed by atoms with Crippen LogP contribution < -0.4 is 5.32 Å². The lowest BCUT2D eigenvalue weighted by Crippen LogP contribution is -2.42. The number of hydrogen-bond acceptors (Lipinski definition) is 2. The molecule has 0 aliphatic heterocycles. The van der Waals surface area contributed by atoms with Crippen LogP contribution in [0.3, 0.4) is 0 Å². The normalized spacial score (nSPS) is 22.5. The van der Waals surface area contributed by atoms with Crippen molar-refractivity contribution in [2.45, 2.75) is 26.2 Å². The summed E-state index contributed by atoms with van der Waals surface area (Å²) in [6.45, 7) is 7.08. The van der Waals surface area contributed by atoms with Crippen molar-refractivity contribution in [3.63, 3.8) is 0 Å². The molecule has 0 radical (unpaired) electrons. The Morgan fingerprint density at radius 1 is 1.50 bits per heavy atom. The molecule has 0 spiro atoms. The number of urea groups is 1. The number of amides is 2. The molecule has 1 aliphatic rings. The van der Waals surface area contributed by atoms with Crippen molar-refractivity contribution >= 4 is 12.0 Å². The number of nitrogens with zero attached hydrogens (tertiary/aromatic N) is 1. The number of carboxylic acids is 1. The van der Waals surface area contributed by atoms with Gasteiger partial charge in [-0.25, -0.2) is 4.79 Å². The monoisotopic (exact) mass is 254 g/mol. The second-order valence-electron chi connectivity index (χ2n) is 4.65. The zero-order valence-corrected chi connectivity index (χ0v) is 10.9. The van der Waals surface area contributed by atoms with Crippen molar-refractivity contribution < 1.29 is 14.7 Å². The largest absolute Gasteiger partial charge is 0.481 e. The first-order valence-electron chi connectivity index (χ1n) is 6.46. The third kappa shape index (κ3) is 3.75. The highest BCUT2D eigenvalue weighted by atomic mass is 16.4. The smallest absolute Gasteiger partial charge is 0.317 e. The van der Waals surface area contributed by atoms with Gasteiger partial charge in [-0.15, -0.1) is 6.58 Å². The molecule has 1 saturated carbocycles. The fourth-order valence-electron chi connectivity index (χ4n) is 2.45. The predicted octanol–water partition coefficient (Wildman–Crippen LogP) is 1.70. The molecule has 2 amide bonds. The molecule has 5 nitrogen and oxygen atoms in total. The molecule has 5 heteroatoms. The Kier molecular flexibility index (Phi) is 5.68. The SMILES string of the molecule is C=CCN(CC)C(=O)NCC1CCCC1C(=O)O. The molecule has 1 rings (SSSR count). The summed E-state index contributed by atoms with van der Waals surface area (Å²) >= 11 is 0. The van der Waals surface area contributed by atoms with Gasteiger partial charge in [0.15, 0.2) is 0 Å². The Balaban J connectivity index is 2.41. The second kappa shape index (κ2) is 7.03. The number of nitrogens with one attached hydrogen (secondary N) is 1. The van der Waals surface area contributed by atoms with Gasteiger partial charge in [-0.1, -0.05) is 12.5 Å². The van der Waals surface area contributed by atoms with E-state index in [1.54, 1.807) is 11.0 Å². The average Bonchev–Trinajstić information content (AvgIpc) is 2.81. The molecule has 0 saturated heterocycles. The minimum absolute atomic E-state index is 0.0638. The first-order valence-corrected chi connectivity index (χ1v) is 6.46. The lowest BCUT2D eigenvalue weighted by molar-refractivity contribution is -0.142. The molecule has 1 aliphatic carbocycles. The maximum Gasteiger partial charge on any atom is 0.317 e. The molecular weight excluding hydrogens is 232 g/mol. The van der Waals surface area contributed by atoms with Crippen LogP contribution in [0.2, 0.25) is 0 Å². The summed E-state index contributed by atoms with van der Waals surface area (Å²) in [7, 11) is 0. The zero-order chi connectivity index (χ0) is 13.5. The minimum Gasteiger partial charge on any atom is -0.481 e. The summed E-state index contributed by atoms with van der Waals surface area (Å²) < 4.78 is 0. The number of hydrogen-bond donors (Lipinski definition) is 2. The Morgan fingerprint density at radius 3 is 2.78 bits per heavy atom. The van der Waals surface area contributed by atoms with Crippen LogP contribution in [-0.2, 0) is 4.79 Å². The molecule has 0 aromatic carbocycles. The average molecular weight is 254 g/mol. The third-order valence-electron chi connectivity index (χ3n) is 3.51. The zero-order valence-electron chi connectivity index (χ0n) is 10.9. The molecule has 0 aromatic rings. The van der Waals surface area contributed by atoms with Gasteiger partial charge >= 0.3 is 12.0 Å². The van der Waals surface area contributed by atoms with Crippen LogP contribution >= 0.6 is 0 Å². The highest BCUT2D eigenvalue weighted by Gasteiger charge is 2.33. The van der Waals surface area contributed by atoms with Crippen LogP contribution in [0.25, 0.3) is 0 Å². The van der Waals surface area contributed by atoms with E-state index in [1.165, 1.54) is 0 Å². The van der Waals surface area contributed by atoms with Crippen LogP contribution in [-0.4, -0.2) is 41.6 Å². The van der Waals surface area contributed by atoms with E-state index in [-0.39, 0.29) is 17.9 Å². The van der Waals surface area contributed by atoms with Crippen LogP contribution in [0.1, 0.15) is 26.2 Å². The van der Waals surface area contributed by atoms with Gasteiger partial charge in [0.2, 0.25) is 0 Å². The quantitative estimate of drug-likeness (QED) is 0.709. The van der Waals surface area contributed by atoms with Gasteiger partial charge < -0.3 is 15.3 Å². The number of likely N-dealkylation sites (N-methyl/N-ethyl adjacent to an activating group) is 1. The van der Waals surface area contributed by atoms with Crippen LogP contribution in [0.4, 0.5) is 4.79 Å². The Morgan fingerprint density at radius 2 is 2.22 bits per heavy atom. The maximum absolute atomic E-state index is 11.8. The van der Waals surface area contributed by atoms with Gasteiger partial charge in [0.1, 0.15) is 0 Å². The summed E-state index contributed by atoms with van der Waals surface area (Å²) in [6, 6.07) is -0.145. The van der Waals surface area contributed by atoms with E-state index in [2.05, 4.69) is 11.9 Å². The fourth-order valence-corrected chi connectivity index (χ4v) is 2.45. The Labute approximate surface area is 108 Å². The standard InChI is InChI=1S/C13H22N2O3/c1-3-8-15(4-2)13(18)14-9-10-6-5-7-11(10)12(16)17/h3,10-11H,1,4-9H2,2H3,(H,14,18)(H,16,17). The van der Waals surface area contributed by atoms with E-state index in [1.807, 2.05) is 6.92 Å². The lowest BCUT2D eigenvalue weighted by Gasteiger charge is -2.22. The highest BCUT2D eigenvalue weighted by Crippen LogP contribution is 2.31. The predicted molar refractivity (Wildman–Crippen MR) is 69.3 cm³/mol. The fraction of sp³-hybridized carbons (Fsp3) is 0.692. The molecule has 18 heavy (non-hydrogen) atoms. The van der Waals surface area contributed by atoms with E-state index in [9.17, 15) is 9.59 Å². The van der Waals surface area contributed by atoms with Crippen molar-refractivity contribution in [2.24, 2.45) is 11.8 Å². The summed E-state index contributed by atoms with van der Waals surface area (Å²) in [5.41, 5.74) is 0. The Hall–Kier alpha value is -1.52. The molecule has 0 aromatic heterocycles. The first-order chi connectivity index (χ1) is 8.60. The first kappa shape index (κ1) is 14.5. The number of carboxylic acid groups (broad SMARTS) is 1. The molecule has 2 atom stereocenters. The van der Waals surface area contributed by atoms with Gasteiger partial charge in [-0.05, 0) is 25.7 Å². The van der Waals surface area contributed by atoms with E-state index >= 15 is 0 Å². The topological polar surface area (TPSA) is 69.6 Å². The van der Waals surface area contributed by atoms with Gasteiger partial charge in [-0.2, -0.15) is 0 Å². The van der Waals surface area contributed by atoms with Gasteiger partial charge in [0, 0.05) is 19.6 Å². The van der Waals surface area contributed by atoms with Gasteiger partial charge in [0.25, 0.3) is 0 Å². The lowest BCUT2D eigenvalue weighted by atomic mass is 9.96. The Bertz CT molecular complexity index is 317. The van der Waals surface area contributed by atoms with E-state index < -0.39 is 5.97 Å². The molecule has 0 heterocycles. The van der Waals surface area contributed by atoms with Crippen molar-refractivity contribution in [1.29, 1.82) is 0 Å². The van der Waals surface area contributed by atoms with Crippen molar-refractivity contribution in [2.75, 3.05) is 19.6 Å². The van der Waals surface area contributed by atoms with Gasteiger partial charge in [-0.3, -0.25) is 4.79 Å². The van der Waals surface area contributed by atoms with Crippen LogP contribution in [0, 0.1) is 11.8 Å². The molecular formula is C13H22N2O3. The highest BCUT2D eigenvalue weighted by molar-refractivity contribution is 5.74. The van der Waals surface area contributed by atoms with Gasteiger partial charge in [0.05, 0.1) is 5.92 Å². The molecule has 102 valence electrons. The molecule has 0 bridgehead atoms. The number of carbonyl (C=O) groups excluding carboxylic acids is 1. The third-order valence-corrected chi connectivity index (χ3v) is 3.51. The summed E-state index contributed by atoms with van der Waals surface area (Å²) in [5.74, 6) is -0.987. The molecule has 2 unspecified atom stereocenters. The molecule has 2 N–H and O–H groups in total. The van der Waals surface area contributed by atoms with E-state index in [0.29, 0.717) is 19.6 Å². The second-order valence-corrected chi connectivity index (χ2v) is 4.65.